The van der Waals surface area contributed by atoms with Crippen LogP contribution in [0.15, 0.2) is 0 Å². The van der Waals surface area contributed by atoms with E-state index in [1.807, 2.05) is 41.5 Å². The van der Waals surface area contributed by atoms with Gasteiger partial charge in [-0.05, 0) is 158 Å². The van der Waals surface area contributed by atoms with Crippen LogP contribution in [0.3, 0.4) is 0 Å². The molecular formula is C39H80N8O6. The Labute approximate surface area is 322 Å². The Morgan fingerprint density at radius 1 is 0.340 bits per heavy atom. The first kappa shape index (κ1) is 50.3. The topological polar surface area (TPSA) is 183 Å². The lowest BCUT2D eigenvalue weighted by molar-refractivity contribution is -0.121. The highest BCUT2D eigenvalue weighted by Gasteiger charge is 2.16. The quantitative estimate of drug-likeness (QED) is 0.0436. The van der Waals surface area contributed by atoms with Crippen molar-refractivity contribution in [2.75, 3.05) is 78.5 Å². The van der Waals surface area contributed by atoms with Crippen LogP contribution in [0.4, 0.5) is 9.59 Å². The van der Waals surface area contributed by atoms with E-state index in [1.165, 1.54) is 0 Å². The first-order valence-electron chi connectivity index (χ1n) is 20.6. The maximum Gasteiger partial charge on any atom is 0.407 e. The number of rotatable bonds is 34. The summed E-state index contributed by atoms with van der Waals surface area (Å²) in [4.78, 5) is 47.3. The second-order valence-electron chi connectivity index (χ2n) is 15.7. The van der Waals surface area contributed by atoms with Gasteiger partial charge in [-0.3, -0.25) is 9.59 Å². The van der Waals surface area contributed by atoms with Gasteiger partial charge in [-0.25, -0.2) is 9.59 Å². The fourth-order valence-electron chi connectivity index (χ4n) is 5.10. The number of hydrogen-bond acceptors (Lipinski definition) is 10. The Balaban J connectivity index is 3.33. The number of alkyl carbamates (subject to hydrolysis) is 2. The third-order valence-corrected chi connectivity index (χ3v) is 7.82. The minimum atomic E-state index is -0.467. The fourth-order valence-corrected chi connectivity index (χ4v) is 5.10. The van der Waals surface area contributed by atoms with Crippen molar-refractivity contribution in [1.82, 2.24) is 42.5 Å². The van der Waals surface area contributed by atoms with E-state index >= 15 is 0 Å². The molecule has 14 nitrogen and oxygen atoms in total. The second kappa shape index (κ2) is 33.9. The van der Waals surface area contributed by atoms with Gasteiger partial charge >= 0.3 is 12.2 Å². The molecule has 0 fully saturated rings. The lowest BCUT2D eigenvalue weighted by atomic mass is 10.1. The molecule has 53 heavy (non-hydrogen) atoms. The molecule has 0 rings (SSSR count). The highest BCUT2D eigenvalue weighted by atomic mass is 16.6. The first-order chi connectivity index (χ1) is 25.3. The largest absolute Gasteiger partial charge is 0.444 e. The molecule has 0 aliphatic heterocycles. The second-order valence-corrected chi connectivity index (χ2v) is 15.7. The van der Waals surface area contributed by atoms with Gasteiger partial charge in [0.2, 0.25) is 11.8 Å². The Morgan fingerprint density at radius 2 is 0.604 bits per heavy atom. The van der Waals surface area contributed by atoms with Crippen molar-refractivity contribution in [2.45, 2.75) is 149 Å². The number of ether oxygens (including phenoxy) is 2. The van der Waals surface area contributed by atoms with Gasteiger partial charge in [0.05, 0.1) is 0 Å². The number of amides is 4. The molecule has 0 aliphatic rings. The molecule has 8 N–H and O–H groups in total. The average Bonchev–Trinajstić information content (AvgIpc) is 3.06. The summed E-state index contributed by atoms with van der Waals surface area (Å²) >= 11 is 0. The van der Waals surface area contributed by atoms with Gasteiger partial charge in [0.1, 0.15) is 11.2 Å². The monoisotopic (exact) mass is 757 g/mol. The summed E-state index contributed by atoms with van der Waals surface area (Å²) in [5.41, 5.74) is -0.935. The van der Waals surface area contributed by atoms with Crippen LogP contribution in [0.5, 0.6) is 0 Å². The SMILES string of the molecule is CC(C)(C)OC(=O)NCCCNCCCCNCCCNC(=O)CCCCCCCC(=O)NCCCNCCCCNCCCNC(=O)OC(C)(C)C. The molecule has 0 saturated heterocycles. The molecule has 4 amide bonds. The lowest BCUT2D eigenvalue weighted by Gasteiger charge is -2.19. The standard InChI is InChI=1S/C39H80N8O6/c1-38(2,3)52-36(50)46-32-18-28-42-24-14-12-22-40-26-16-30-44-34(48)20-10-8-7-9-11-21-35(49)45-31-17-27-41-23-13-15-25-43-29-19-33-47-37(51)53-39(4,5)6/h40-43H,7-33H2,1-6H3,(H,44,48)(H,45,49)(H,46,50)(H,47,51). The highest BCUT2D eigenvalue weighted by Crippen LogP contribution is 2.08. The van der Waals surface area contributed by atoms with Crippen LogP contribution in [-0.2, 0) is 19.1 Å². The van der Waals surface area contributed by atoms with Crippen molar-refractivity contribution < 1.29 is 28.7 Å². The highest BCUT2D eigenvalue weighted by molar-refractivity contribution is 5.76. The Bertz CT molecular complexity index is 855. The minimum absolute atomic E-state index is 0.126. The van der Waals surface area contributed by atoms with E-state index in [9.17, 15) is 19.2 Å². The molecule has 0 atom stereocenters. The van der Waals surface area contributed by atoms with E-state index in [0.29, 0.717) is 39.0 Å². The minimum Gasteiger partial charge on any atom is -0.444 e. The third-order valence-electron chi connectivity index (χ3n) is 7.82. The van der Waals surface area contributed by atoms with Crippen LogP contribution in [0.2, 0.25) is 0 Å². The van der Waals surface area contributed by atoms with Crippen LogP contribution in [0, 0.1) is 0 Å². The summed E-state index contributed by atoms with van der Waals surface area (Å²) in [5, 5.41) is 25.2. The zero-order valence-corrected chi connectivity index (χ0v) is 34.5. The van der Waals surface area contributed by atoms with Crippen LogP contribution in [-0.4, -0.2) is 114 Å². The zero-order valence-electron chi connectivity index (χ0n) is 34.5. The van der Waals surface area contributed by atoms with Crippen molar-refractivity contribution >= 4 is 24.0 Å². The van der Waals surface area contributed by atoms with Crippen molar-refractivity contribution in [1.29, 1.82) is 0 Å². The predicted octanol–water partition coefficient (Wildman–Crippen LogP) is 4.48. The van der Waals surface area contributed by atoms with Crippen LogP contribution in [0.25, 0.3) is 0 Å². The van der Waals surface area contributed by atoms with Gasteiger partial charge in [-0.2, -0.15) is 0 Å². The van der Waals surface area contributed by atoms with E-state index in [4.69, 9.17) is 9.47 Å². The maximum absolute atomic E-state index is 12.1. The summed E-state index contributed by atoms with van der Waals surface area (Å²) in [7, 11) is 0. The average molecular weight is 757 g/mol. The molecule has 0 bridgehead atoms. The normalized spacial score (nSPS) is 11.6. The molecule has 0 aliphatic carbocycles. The Kier molecular flexibility index (Phi) is 32.1. The number of carbonyl (C=O) groups is 4. The van der Waals surface area contributed by atoms with Crippen LogP contribution < -0.4 is 42.5 Å². The van der Waals surface area contributed by atoms with E-state index in [1.54, 1.807) is 0 Å². The van der Waals surface area contributed by atoms with Crippen molar-refractivity contribution in [2.24, 2.45) is 0 Å². The predicted molar refractivity (Wildman–Crippen MR) is 215 cm³/mol. The summed E-state index contributed by atoms with van der Waals surface area (Å²) in [6.45, 7) is 21.1. The van der Waals surface area contributed by atoms with E-state index < -0.39 is 11.2 Å². The Morgan fingerprint density at radius 3 is 0.906 bits per heavy atom. The van der Waals surface area contributed by atoms with Crippen LogP contribution >= 0.6 is 0 Å². The summed E-state index contributed by atoms with van der Waals surface area (Å²) < 4.78 is 10.4. The van der Waals surface area contributed by atoms with Gasteiger partial charge in [0.15, 0.2) is 0 Å². The summed E-state index contributed by atoms with van der Waals surface area (Å²) in [6.07, 6.45) is 13.2. The molecule has 0 aromatic heterocycles. The van der Waals surface area contributed by atoms with Crippen molar-refractivity contribution in [3.05, 3.63) is 0 Å². The van der Waals surface area contributed by atoms with E-state index in [2.05, 4.69) is 42.5 Å². The molecule has 0 aromatic rings. The molecule has 0 unspecified atom stereocenters. The van der Waals surface area contributed by atoms with Crippen LogP contribution in [0.1, 0.15) is 138 Å². The first-order valence-corrected chi connectivity index (χ1v) is 20.6. The van der Waals surface area contributed by atoms with Crippen molar-refractivity contribution in [3.63, 3.8) is 0 Å². The zero-order chi connectivity index (χ0) is 39.5. The maximum atomic E-state index is 12.1. The molecule has 0 aromatic carbocycles. The molecule has 0 saturated carbocycles. The van der Waals surface area contributed by atoms with Gasteiger partial charge in [-0.1, -0.05) is 19.3 Å². The Hall–Kier alpha value is -2.68. The molecule has 0 spiro atoms. The van der Waals surface area contributed by atoms with Gasteiger partial charge < -0.3 is 52.0 Å². The fraction of sp³-hybridized carbons (Fsp3) is 0.897. The third kappa shape index (κ3) is 41.9. The molecule has 14 heteroatoms. The number of nitrogens with one attached hydrogen (secondary N) is 8. The summed E-state index contributed by atoms with van der Waals surface area (Å²) in [6, 6.07) is 0. The van der Waals surface area contributed by atoms with Gasteiger partial charge in [0, 0.05) is 39.0 Å². The van der Waals surface area contributed by atoms with Crippen molar-refractivity contribution in [3.8, 4) is 0 Å². The lowest BCUT2D eigenvalue weighted by Crippen LogP contribution is -2.34. The molecular weight excluding hydrogens is 676 g/mol. The number of unbranched alkanes of at least 4 members (excludes halogenated alkanes) is 6. The number of hydrogen-bond donors (Lipinski definition) is 8. The van der Waals surface area contributed by atoms with E-state index in [-0.39, 0.29) is 24.0 Å². The smallest absolute Gasteiger partial charge is 0.407 e. The van der Waals surface area contributed by atoms with E-state index in [0.717, 1.165) is 136 Å². The van der Waals surface area contributed by atoms with Gasteiger partial charge in [0.25, 0.3) is 0 Å². The molecule has 0 radical (unpaired) electrons. The molecule has 0 heterocycles. The molecule has 312 valence electrons. The summed E-state index contributed by atoms with van der Waals surface area (Å²) in [5.74, 6) is 0.253. The van der Waals surface area contributed by atoms with Gasteiger partial charge in [-0.15, -0.1) is 0 Å². The number of carbonyl (C=O) groups excluding carboxylic acids is 4.